The summed E-state index contributed by atoms with van der Waals surface area (Å²) in [6.45, 7) is 8.30. The van der Waals surface area contributed by atoms with E-state index in [1.807, 2.05) is 26.0 Å². The van der Waals surface area contributed by atoms with Gasteiger partial charge in [-0.25, -0.2) is 8.42 Å². The Morgan fingerprint density at radius 2 is 1.88 bits per heavy atom. The first-order chi connectivity index (χ1) is 15.8. The van der Waals surface area contributed by atoms with Gasteiger partial charge in [0.25, 0.3) is 5.91 Å². The summed E-state index contributed by atoms with van der Waals surface area (Å²) >= 11 is 0. The number of benzene rings is 1. The molecule has 0 atom stereocenters. The number of hydrogen-bond acceptors (Lipinski definition) is 4. The highest BCUT2D eigenvalue weighted by molar-refractivity contribution is 7.89. The van der Waals surface area contributed by atoms with Crippen LogP contribution in [0.4, 0.5) is 0 Å². The number of aromatic nitrogens is 1. The van der Waals surface area contributed by atoms with Crippen molar-refractivity contribution in [2.75, 3.05) is 19.6 Å². The van der Waals surface area contributed by atoms with E-state index in [0.29, 0.717) is 37.4 Å². The van der Waals surface area contributed by atoms with E-state index in [1.165, 1.54) is 4.31 Å². The van der Waals surface area contributed by atoms with Crippen LogP contribution in [0.3, 0.4) is 0 Å². The molecule has 1 aromatic heterocycles. The van der Waals surface area contributed by atoms with Crippen molar-refractivity contribution < 1.29 is 13.2 Å². The van der Waals surface area contributed by atoms with Gasteiger partial charge in [0, 0.05) is 37.6 Å². The molecule has 2 aromatic rings. The van der Waals surface area contributed by atoms with E-state index < -0.39 is 15.9 Å². The van der Waals surface area contributed by atoms with Crippen LogP contribution in [-0.4, -0.2) is 42.8 Å². The zero-order valence-corrected chi connectivity index (χ0v) is 20.4. The second kappa shape index (κ2) is 10.8. The summed E-state index contributed by atoms with van der Waals surface area (Å²) in [5.74, 6) is -0.220. The van der Waals surface area contributed by atoms with E-state index in [0.717, 1.165) is 29.9 Å². The lowest BCUT2D eigenvalue weighted by Gasteiger charge is -2.31. The fraction of sp³-hybridized carbons (Fsp3) is 0.440. The van der Waals surface area contributed by atoms with Gasteiger partial charge in [0.15, 0.2) is 0 Å². The van der Waals surface area contributed by atoms with E-state index in [1.54, 1.807) is 36.4 Å². The molecule has 1 fully saturated rings. The SMILES string of the molecule is CCCn1c(C)cc(/C=C(\C#N)C(=O)NCC2CCN(S(=O)(=O)c3ccccc3)CC2)c1C. The van der Waals surface area contributed by atoms with Gasteiger partial charge in [-0.1, -0.05) is 25.1 Å². The molecule has 0 radical (unpaired) electrons. The lowest BCUT2D eigenvalue weighted by atomic mass is 9.98. The second-order valence-corrected chi connectivity index (χ2v) is 10.5. The van der Waals surface area contributed by atoms with Crippen LogP contribution < -0.4 is 5.32 Å². The molecule has 7 nitrogen and oxygen atoms in total. The Morgan fingerprint density at radius 1 is 1.21 bits per heavy atom. The van der Waals surface area contributed by atoms with Crippen LogP contribution in [0, 0.1) is 31.1 Å². The van der Waals surface area contributed by atoms with Crippen LogP contribution in [0.1, 0.15) is 43.1 Å². The summed E-state index contributed by atoms with van der Waals surface area (Å²) < 4.78 is 29.2. The number of amides is 1. The average Bonchev–Trinajstić information content (AvgIpc) is 3.09. The van der Waals surface area contributed by atoms with E-state index in [4.69, 9.17) is 0 Å². The molecule has 8 heteroatoms. The topological polar surface area (TPSA) is 95.2 Å². The normalized spacial score (nSPS) is 15.9. The number of nitrogens with one attached hydrogen (secondary N) is 1. The van der Waals surface area contributed by atoms with Crippen molar-refractivity contribution in [2.24, 2.45) is 5.92 Å². The van der Waals surface area contributed by atoms with Crippen molar-refractivity contribution in [1.82, 2.24) is 14.2 Å². The van der Waals surface area contributed by atoms with Gasteiger partial charge in [0.1, 0.15) is 11.6 Å². The zero-order chi connectivity index (χ0) is 24.0. The summed E-state index contributed by atoms with van der Waals surface area (Å²) in [6, 6.07) is 12.5. The molecule has 0 saturated carbocycles. The van der Waals surface area contributed by atoms with Crippen molar-refractivity contribution in [1.29, 1.82) is 5.26 Å². The molecule has 0 aliphatic carbocycles. The minimum absolute atomic E-state index is 0.0795. The molecule has 1 aliphatic heterocycles. The zero-order valence-electron chi connectivity index (χ0n) is 19.5. The highest BCUT2D eigenvalue weighted by atomic mass is 32.2. The lowest BCUT2D eigenvalue weighted by molar-refractivity contribution is -0.117. The number of aryl methyl sites for hydroxylation is 1. The number of carbonyl (C=O) groups excluding carboxylic acids is 1. The van der Waals surface area contributed by atoms with Crippen LogP contribution >= 0.6 is 0 Å². The van der Waals surface area contributed by atoms with Crippen LogP contribution in [-0.2, 0) is 21.4 Å². The van der Waals surface area contributed by atoms with Crippen molar-refractivity contribution in [2.45, 2.75) is 51.5 Å². The molecule has 0 unspecified atom stereocenters. The van der Waals surface area contributed by atoms with Gasteiger partial charge in [-0.05, 0) is 68.9 Å². The second-order valence-electron chi connectivity index (χ2n) is 8.52. The smallest absolute Gasteiger partial charge is 0.261 e. The monoisotopic (exact) mass is 468 g/mol. The van der Waals surface area contributed by atoms with E-state index >= 15 is 0 Å². The van der Waals surface area contributed by atoms with Crippen molar-refractivity contribution in [3.63, 3.8) is 0 Å². The van der Waals surface area contributed by atoms with Gasteiger partial charge < -0.3 is 9.88 Å². The Bertz CT molecular complexity index is 1150. The third kappa shape index (κ3) is 5.73. The number of nitrogens with zero attached hydrogens (tertiary/aromatic N) is 3. The summed E-state index contributed by atoms with van der Waals surface area (Å²) in [6.07, 6.45) is 3.99. The Kier molecular flexibility index (Phi) is 8.11. The Labute approximate surface area is 196 Å². The molecule has 1 aliphatic rings. The highest BCUT2D eigenvalue weighted by Gasteiger charge is 2.29. The molecule has 1 saturated heterocycles. The molecule has 0 spiro atoms. The quantitative estimate of drug-likeness (QED) is 0.473. The fourth-order valence-electron chi connectivity index (χ4n) is 4.27. The van der Waals surface area contributed by atoms with Gasteiger partial charge in [-0.3, -0.25) is 4.79 Å². The maximum absolute atomic E-state index is 12.8. The number of rotatable bonds is 8. The molecular formula is C25H32N4O3S. The minimum atomic E-state index is -3.49. The molecule has 1 aromatic carbocycles. The van der Waals surface area contributed by atoms with Gasteiger partial charge in [0.2, 0.25) is 10.0 Å². The summed E-state index contributed by atoms with van der Waals surface area (Å²) in [5.41, 5.74) is 3.11. The third-order valence-electron chi connectivity index (χ3n) is 6.23. The molecular weight excluding hydrogens is 436 g/mol. The number of hydrogen-bond donors (Lipinski definition) is 1. The standard InChI is InChI=1S/C25H32N4O3S/c1-4-12-29-19(2)15-22(20(29)3)16-23(17-26)25(30)27-18-21-10-13-28(14-11-21)33(31,32)24-8-6-5-7-9-24/h5-9,15-16,21H,4,10-14,18H2,1-3H3,(H,27,30)/b23-16+. The van der Waals surface area contributed by atoms with Gasteiger partial charge in [-0.15, -0.1) is 0 Å². The maximum Gasteiger partial charge on any atom is 0.261 e. The summed E-state index contributed by atoms with van der Waals surface area (Å²) in [7, 11) is -3.49. The highest BCUT2D eigenvalue weighted by Crippen LogP contribution is 2.24. The van der Waals surface area contributed by atoms with E-state index in [9.17, 15) is 18.5 Å². The van der Waals surface area contributed by atoms with E-state index in [-0.39, 0.29) is 11.5 Å². The predicted octanol–water partition coefficient (Wildman–Crippen LogP) is 3.64. The number of sulfonamides is 1. The molecule has 1 amide bonds. The first-order valence-electron chi connectivity index (χ1n) is 11.4. The van der Waals surface area contributed by atoms with Crippen LogP contribution in [0.15, 0.2) is 46.9 Å². The molecule has 3 rings (SSSR count). The lowest BCUT2D eigenvalue weighted by Crippen LogP contribution is -2.41. The average molecular weight is 469 g/mol. The maximum atomic E-state index is 12.8. The molecule has 2 heterocycles. The fourth-order valence-corrected chi connectivity index (χ4v) is 5.76. The first kappa shape index (κ1) is 24.7. The Morgan fingerprint density at radius 3 is 2.48 bits per heavy atom. The largest absolute Gasteiger partial charge is 0.351 e. The molecule has 176 valence electrons. The Balaban J connectivity index is 1.57. The van der Waals surface area contributed by atoms with Crippen molar-refractivity contribution in [3.8, 4) is 6.07 Å². The van der Waals surface area contributed by atoms with Gasteiger partial charge in [-0.2, -0.15) is 9.57 Å². The molecule has 0 bridgehead atoms. The number of carbonyl (C=O) groups is 1. The van der Waals surface area contributed by atoms with Crippen LogP contribution in [0.2, 0.25) is 0 Å². The van der Waals surface area contributed by atoms with Gasteiger partial charge >= 0.3 is 0 Å². The number of piperidine rings is 1. The molecule has 1 N–H and O–H groups in total. The molecule has 33 heavy (non-hydrogen) atoms. The summed E-state index contributed by atoms with van der Waals surface area (Å²) in [4.78, 5) is 12.9. The van der Waals surface area contributed by atoms with Gasteiger partial charge in [0.05, 0.1) is 4.90 Å². The van der Waals surface area contributed by atoms with E-state index in [2.05, 4.69) is 16.8 Å². The summed E-state index contributed by atoms with van der Waals surface area (Å²) in [5, 5.41) is 12.4. The van der Waals surface area contributed by atoms with Crippen molar-refractivity contribution >= 4 is 22.0 Å². The Hall–Kier alpha value is -2.89. The predicted molar refractivity (Wildman–Crippen MR) is 129 cm³/mol. The first-order valence-corrected chi connectivity index (χ1v) is 12.8. The van der Waals surface area contributed by atoms with Crippen LogP contribution in [0.25, 0.3) is 6.08 Å². The third-order valence-corrected chi connectivity index (χ3v) is 8.14. The van der Waals surface area contributed by atoms with Crippen LogP contribution in [0.5, 0.6) is 0 Å². The van der Waals surface area contributed by atoms with Crippen molar-refractivity contribution in [3.05, 3.63) is 58.9 Å². The number of nitriles is 1. The minimum Gasteiger partial charge on any atom is -0.351 e.